The van der Waals surface area contributed by atoms with Crippen LogP contribution >= 0.6 is 34.4 Å². The number of carbonyl (C=O) groups excluding carboxylic acids is 1. The molecule has 34 heavy (non-hydrogen) atoms. The van der Waals surface area contributed by atoms with Crippen LogP contribution in [0.25, 0.3) is 20.4 Å². The van der Waals surface area contributed by atoms with E-state index in [0.717, 1.165) is 56.9 Å². The summed E-state index contributed by atoms with van der Waals surface area (Å²) in [6, 6.07) is 10.0. The second kappa shape index (κ2) is 9.54. The lowest BCUT2D eigenvalue weighted by atomic mass is 9.96. The Morgan fingerprint density at radius 3 is 2.32 bits per heavy atom. The number of hydrogen-bond donors (Lipinski definition) is 1. The normalized spacial score (nSPS) is 15.4. The minimum absolute atomic E-state index is 0.0396. The van der Waals surface area contributed by atoms with Crippen LogP contribution in [0.1, 0.15) is 42.5 Å². The van der Waals surface area contributed by atoms with Crippen molar-refractivity contribution >= 4 is 75.9 Å². The first-order valence-electron chi connectivity index (χ1n) is 11.0. The molecule has 2 aromatic carbocycles. The summed E-state index contributed by atoms with van der Waals surface area (Å²) in [4.78, 5) is 22.2. The van der Waals surface area contributed by atoms with Crippen molar-refractivity contribution in [2.24, 2.45) is 0 Å². The van der Waals surface area contributed by atoms with Crippen molar-refractivity contribution in [2.45, 2.75) is 47.4 Å². The zero-order valence-electron chi connectivity index (χ0n) is 18.8. The van der Waals surface area contributed by atoms with Gasteiger partial charge in [0.1, 0.15) is 0 Å². The molecule has 7 nitrogen and oxygen atoms in total. The van der Waals surface area contributed by atoms with Gasteiger partial charge in [-0.05, 0) is 55.5 Å². The summed E-state index contributed by atoms with van der Waals surface area (Å²) in [6.07, 6.45) is 7.06. The van der Waals surface area contributed by atoms with Crippen molar-refractivity contribution in [2.75, 3.05) is 18.6 Å². The smallest absolute Gasteiger partial charge is 0.257 e. The fourth-order valence-corrected chi connectivity index (χ4v) is 8.32. The predicted molar refractivity (Wildman–Crippen MR) is 141 cm³/mol. The van der Waals surface area contributed by atoms with Crippen molar-refractivity contribution in [3.8, 4) is 0 Å². The number of benzene rings is 2. The summed E-state index contributed by atoms with van der Waals surface area (Å²) >= 11 is 4.64. The van der Waals surface area contributed by atoms with E-state index < -0.39 is 10.0 Å². The van der Waals surface area contributed by atoms with E-state index in [1.54, 1.807) is 42.3 Å². The van der Waals surface area contributed by atoms with Gasteiger partial charge in [-0.2, -0.15) is 4.31 Å². The molecule has 1 amide bonds. The molecule has 0 atom stereocenters. The Kier molecular flexibility index (Phi) is 6.64. The Bertz CT molecular complexity index is 1450. The maximum Gasteiger partial charge on any atom is 0.257 e. The lowest BCUT2D eigenvalue weighted by Gasteiger charge is -2.30. The van der Waals surface area contributed by atoms with Crippen molar-refractivity contribution in [3.05, 3.63) is 42.0 Å². The molecule has 1 saturated carbocycles. The average molecular weight is 533 g/mol. The van der Waals surface area contributed by atoms with Crippen LogP contribution in [-0.4, -0.2) is 47.9 Å². The quantitative estimate of drug-likeness (QED) is 0.314. The molecule has 11 heteroatoms. The molecule has 178 valence electrons. The molecular weight excluding hydrogens is 509 g/mol. The summed E-state index contributed by atoms with van der Waals surface area (Å²) in [5, 5.41) is 3.35. The van der Waals surface area contributed by atoms with Gasteiger partial charge in [0.25, 0.3) is 5.91 Å². The fourth-order valence-electron chi connectivity index (χ4n) is 4.25. The van der Waals surface area contributed by atoms with Gasteiger partial charge in [0.2, 0.25) is 10.0 Å². The van der Waals surface area contributed by atoms with Gasteiger partial charge in [0.15, 0.2) is 9.47 Å². The SMILES string of the molecule is CSc1nc2ccc3nc(NC(=O)c4ccc(S(=O)(=O)N(C)C5CCCCC5)cc4)sc3c2s1. The summed E-state index contributed by atoms with van der Waals surface area (Å²) in [7, 11) is -1.94. The number of thioether (sulfide) groups is 1. The van der Waals surface area contributed by atoms with Gasteiger partial charge in [0, 0.05) is 18.7 Å². The van der Waals surface area contributed by atoms with E-state index >= 15 is 0 Å². The second-order valence-electron chi connectivity index (χ2n) is 8.26. The standard InChI is InChI=1S/C23H24N4O3S4/c1-27(15-6-4-3-5-7-15)34(29,30)16-10-8-14(9-11-16)21(28)26-22-24-17-12-13-18-20(19(17)32-22)33-23(25-18)31-2/h8-13,15H,3-7H2,1-2H3,(H,24,26,28). The van der Waals surface area contributed by atoms with Gasteiger partial charge in [0.05, 0.1) is 25.3 Å². The summed E-state index contributed by atoms with van der Waals surface area (Å²) in [6.45, 7) is 0. The molecule has 0 radical (unpaired) electrons. The molecule has 0 unspecified atom stereocenters. The van der Waals surface area contributed by atoms with Crippen LogP contribution in [0, 0.1) is 0 Å². The Balaban J connectivity index is 1.33. The maximum absolute atomic E-state index is 13.0. The number of amides is 1. The monoisotopic (exact) mass is 532 g/mol. The molecule has 1 aliphatic rings. The minimum Gasteiger partial charge on any atom is -0.298 e. The van der Waals surface area contributed by atoms with Crippen LogP contribution < -0.4 is 5.32 Å². The highest BCUT2D eigenvalue weighted by atomic mass is 32.2. The second-order valence-corrected chi connectivity index (χ2v) is 13.3. The Labute approximate surface area is 210 Å². The minimum atomic E-state index is -3.59. The van der Waals surface area contributed by atoms with E-state index in [-0.39, 0.29) is 16.8 Å². The highest BCUT2D eigenvalue weighted by Crippen LogP contribution is 2.38. The zero-order chi connectivity index (χ0) is 23.9. The van der Waals surface area contributed by atoms with Crippen LogP contribution in [0.3, 0.4) is 0 Å². The van der Waals surface area contributed by atoms with Gasteiger partial charge < -0.3 is 0 Å². The topological polar surface area (TPSA) is 92.3 Å². The lowest BCUT2D eigenvalue weighted by molar-refractivity contribution is 0.102. The Morgan fingerprint density at radius 1 is 1.00 bits per heavy atom. The molecule has 0 saturated heterocycles. The molecule has 1 N–H and O–H groups in total. The third kappa shape index (κ3) is 4.47. The van der Waals surface area contributed by atoms with E-state index in [2.05, 4.69) is 15.3 Å². The molecule has 0 spiro atoms. The van der Waals surface area contributed by atoms with E-state index in [1.165, 1.54) is 27.8 Å². The van der Waals surface area contributed by atoms with E-state index in [0.29, 0.717) is 10.7 Å². The number of fused-ring (bicyclic) bond motifs is 3. The van der Waals surface area contributed by atoms with Crippen LogP contribution in [0.5, 0.6) is 0 Å². The maximum atomic E-state index is 13.0. The first-order valence-corrected chi connectivity index (χ1v) is 15.3. The first-order chi connectivity index (χ1) is 16.4. The van der Waals surface area contributed by atoms with E-state index in [4.69, 9.17) is 0 Å². The largest absolute Gasteiger partial charge is 0.298 e. The van der Waals surface area contributed by atoms with Gasteiger partial charge in [-0.1, -0.05) is 42.4 Å². The number of sulfonamides is 1. The summed E-state index contributed by atoms with van der Waals surface area (Å²) in [5.74, 6) is -0.325. The van der Waals surface area contributed by atoms with Crippen molar-refractivity contribution in [3.63, 3.8) is 0 Å². The van der Waals surface area contributed by atoms with Crippen molar-refractivity contribution in [1.82, 2.24) is 14.3 Å². The zero-order valence-corrected chi connectivity index (χ0v) is 22.0. The molecule has 5 rings (SSSR count). The molecule has 1 aliphatic carbocycles. The number of anilines is 1. The lowest BCUT2D eigenvalue weighted by Crippen LogP contribution is -2.38. The van der Waals surface area contributed by atoms with E-state index in [1.807, 2.05) is 18.4 Å². The average Bonchev–Trinajstić information content (AvgIpc) is 3.47. The van der Waals surface area contributed by atoms with Crippen LogP contribution in [-0.2, 0) is 10.0 Å². The fraction of sp³-hybridized carbons (Fsp3) is 0.348. The van der Waals surface area contributed by atoms with Gasteiger partial charge in [-0.3, -0.25) is 10.1 Å². The van der Waals surface area contributed by atoms with Crippen molar-refractivity contribution in [1.29, 1.82) is 0 Å². The predicted octanol–water partition coefficient (Wildman–Crippen LogP) is 5.83. The molecular formula is C23H24N4O3S4. The first kappa shape index (κ1) is 23.7. The van der Waals surface area contributed by atoms with Gasteiger partial charge in [-0.25, -0.2) is 18.4 Å². The molecule has 0 aliphatic heterocycles. The molecule has 0 bridgehead atoms. The van der Waals surface area contributed by atoms with Crippen molar-refractivity contribution < 1.29 is 13.2 Å². The molecule has 4 aromatic rings. The summed E-state index contributed by atoms with van der Waals surface area (Å²) < 4.78 is 30.6. The number of nitrogens with zero attached hydrogens (tertiary/aromatic N) is 3. The third-order valence-corrected chi connectivity index (χ3v) is 11.3. The van der Waals surface area contributed by atoms with Crippen LogP contribution in [0.2, 0.25) is 0 Å². The van der Waals surface area contributed by atoms with Gasteiger partial charge in [-0.15, -0.1) is 11.3 Å². The Hall–Kier alpha value is -2.05. The van der Waals surface area contributed by atoms with Gasteiger partial charge >= 0.3 is 0 Å². The summed E-state index contributed by atoms with van der Waals surface area (Å²) in [5.41, 5.74) is 2.13. The molecule has 2 aromatic heterocycles. The van der Waals surface area contributed by atoms with E-state index in [9.17, 15) is 13.2 Å². The number of aromatic nitrogens is 2. The molecule has 1 fully saturated rings. The Morgan fingerprint density at radius 2 is 1.65 bits per heavy atom. The number of hydrogen-bond acceptors (Lipinski definition) is 8. The third-order valence-electron chi connectivity index (χ3n) is 6.17. The van der Waals surface area contributed by atoms with Crippen LogP contribution in [0.15, 0.2) is 45.6 Å². The molecule has 2 heterocycles. The highest BCUT2D eigenvalue weighted by molar-refractivity contribution is 8.00. The number of carbonyl (C=O) groups is 1. The van der Waals surface area contributed by atoms with Crippen LogP contribution in [0.4, 0.5) is 5.13 Å². The number of thiazole rings is 2. The number of nitrogens with one attached hydrogen (secondary N) is 1. The highest BCUT2D eigenvalue weighted by Gasteiger charge is 2.29. The number of rotatable bonds is 6.